The number of thiazole rings is 1. The zero-order valence-electron chi connectivity index (χ0n) is 19.9. The first-order chi connectivity index (χ1) is 16.8. The summed E-state index contributed by atoms with van der Waals surface area (Å²) < 4.78 is 4.55. The van der Waals surface area contributed by atoms with Crippen LogP contribution in [-0.2, 0) is 20.0 Å². The van der Waals surface area contributed by atoms with Crippen LogP contribution in [0.3, 0.4) is 0 Å². The van der Waals surface area contributed by atoms with Crippen molar-refractivity contribution in [1.29, 1.82) is 0 Å². The van der Waals surface area contributed by atoms with Crippen molar-refractivity contribution in [3.05, 3.63) is 61.9 Å². The number of aryl methyl sites for hydroxylation is 4. The second kappa shape index (κ2) is 11.3. The highest BCUT2D eigenvalue weighted by Crippen LogP contribution is 2.23. The first kappa shape index (κ1) is 25.3. The minimum atomic E-state index is -0.403. The number of amides is 1. The van der Waals surface area contributed by atoms with Crippen molar-refractivity contribution in [3.8, 4) is 0 Å². The maximum Gasteiger partial charge on any atom is 0.352 e. The van der Waals surface area contributed by atoms with Crippen LogP contribution in [0, 0.1) is 20.8 Å². The second-order valence-electron chi connectivity index (χ2n) is 7.82. The zero-order chi connectivity index (χ0) is 24.9. The molecule has 0 fully saturated rings. The Hall–Kier alpha value is -2.84. The van der Waals surface area contributed by atoms with Crippen molar-refractivity contribution in [2.45, 2.75) is 33.7 Å². The Bertz CT molecular complexity index is 1410. The van der Waals surface area contributed by atoms with Crippen molar-refractivity contribution in [1.82, 2.24) is 39.7 Å². The van der Waals surface area contributed by atoms with Gasteiger partial charge in [0.05, 0.1) is 16.1 Å². The number of rotatable bonds is 10. The molecule has 4 heterocycles. The van der Waals surface area contributed by atoms with Crippen LogP contribution in [0.2, 0.25) is 0 Å². The van der Waals surface area contributed by atoms with Gasteiger partial charge in [0.1, 0.15) is 12.2 Å². The van der Waals surface area contributed by atoms with Gasteiger partial charge in [-0.2, -0.15) is 9.25 Å². The third-order valence-electron chi connectivity index (χ3n) is 5.38. The number of nitrogens with one attached hydrogen (secondary N) is 1. The number of fused-ring (bicyclic) bond motifs is 1. The largest absolute Gasteiger partial charge is 0.352 e. The molecule has 0 aromatic carbocycles. The van der Waals surface area contributed by atoms with E-state index in [1.807, 2.05) is 20.0 Å². The van der Waals surface area contributed by atoms with Crippen LogP contribution >= 0.6 is 32.9 Å². The van der Waals surface area contributed by atoms with E-state index in [9.17, 15) is 9.59 Å². The van der Waals surface area contributed by atoms with Crippen molar-refractivity contribution in [2.75, 3.05) is 18.1 Å². The minimum Gasteiger partial charge on any atom is -0.350 e. The monoisotopic (exact) mass is 532 g/mol. The molecule has 1 N–H and O–H groups in total. The summed E-state index contributed by atoms with van der Waals surface area (Å²) in [6.45, 7) is 7.36. The lowest BCUT2D eigenvalue weighted by molar-refractivity contribution is -0.689. The molecule has 0 unspecified atom stereocenters. The van der Waals surface area contributed by atoms with Gasteiger partial charge in [-0.05, 0) is 20.3 Å². The molecule has 11 nitrogen and oxygen atoms in total. The Morgan fingerprint density at radius 2 is 2.00 bits per heavy atom. The Kier molecular flexibility index (Phi) is 8.13. The standard InChI is InChI=1S/C21H25N9O2S3/c1-13-16(9-23-15(3)25-13)10-29-12-33-17(14(29)2)5-7-34-35-8-6-22-20(31)18-19-26-27-28(4)21(32)30(19)11-24-18/h9,11-12H,5-8,10H2,1-4H3/p+1. The Labute approximate surface area is 213 Å². The molecular weight excluding hydrogens is 506 g/mol. The van der Waals surface area contributed by atoms with Crippen molar-refractivity contribution in [3.63, 3.8) is 0 Å². The van der Waals surface area contributed by atoms with Crippen LogP contribution in [0.25, 0.3) is 5.65 Å². The summed E-state index contributed by atoms with van der Waals surface area (Å²) in [5.41, 5.74) is 5.45. The number of hydrogen-bond donors (Lipinski definition) is 1. The van der Waals surface area contributed by atoms with Gasteiger partial charge in [0.2, 0.25) is 5.51 Å². The summed E-state index contributed by atoms with van der Waals surface area (Å²) in [4.78, 5) is 38.6. The topological polar surface area (TPSA) is 124 Å². The van der Waals surface area contributed by atoms with Gasteiger partial charge in [-0.15, -0.1) is 5.10 Å². The molecular formula is C21H26N9O2S3+. The van der Waals surface area contributed by atoms with Crippen molar-refractivity contribution >= 4 is 44.5 Å². The number of carbonyl (C=O) groups is 1. The maximum atomic E-state index is 12.4. The maximum absolute atomic E-state index is 12.4. The molecule has 35 heavy (non-hydrogen) atoms. The molecule has 0 spiro atoms. The lowest BCUT2D eigenvalue weighted by Gasteiger charge is -2.04. The lowest BCUT2D eigenvalue weighted by Crippen LogP contribution is -2.35. The molecule has 0 bridgehead atoms. The second-order valence-corrected chi connectivity index (χ2v) is 11.5. The molecule has 0 radical (unpaired) electrons. The lowest BCUT2D eigenvalue weighted by atomic mass is 10.2. The van der Waals surface area contributed by atoms with E-state index in [1.54, 1.807) is 32.9 Å². The zero-order valence-corrected chi connectivity index (χ0v) is 22.3. The highest BCUT2D eigenvalue weighted by Gasteiger charge is 2.18. The van der Waals surface area contributed by atoms with Gasteiger partial charge in [0.25, 0.3) is 5.91 Å². The molecule has 0 aliphatic carbocycles. The van der Waals surface area contributed by atoms with Crippen LogP contribution in [-0.4, -0.2) is 58.3 Å². The number of aromatic nitrogens is 8. The number of hydrogen-bond acceptors (Lipinski definition) is 10. The summed E-state index contributed by atoms with van der Waals surface area (Å²) >= 11 is 1.78. The third-order valence-corrected chi connectivity index (χ3v) is 8.93. The molecule has 184 valence electrons. The van der Waals surface area contributed by atoms with E-state index in [1.165, 1.54) is 28.3 Å². The molecule has 0 aliphatic heterocycles. The van der Waals surface area contributed by atoms with Gasteiger partial charge in [-0.1, -0.05) is 38.1 Å². The van der Waals surface area contributed by atoms with Crippen LogP contribution in [0.1, 0.15) is 38.1 Å². The fourth-order valence-corrected chi connectivity index (χ4v) is 6.42. The molecule has 0 saturated carbocycles. The minimum absolute atomic E-state index is 0.0988. The summed E-state index contributed by atoms with van der Waals surface area (Å²) in [6, 6.07) is 0. The SMILES string of the molecule is Cc1ncc(C[n+]2csc(CCSSCCNC(=O)c3ncn4c(=O)n(C)nnc34)c2C)c(C)n1. The molecule has 1 amide bonds. The van der Waals surface area contributed by atoms with E-state index in [0.29, 0.717) is 6.54 Å². The van der Waals surface area contributed by atoms with Crippen LogP contribution in [0.4, 0.5) is 0 Å². The average Bonchev–Trinajstić information content (AvgIpc) is 3.42. The van der Waals surface area contributed by atoms with Gasteiger partial charge < -0.3 is 5.32 Å². The summed E-state index contributed by atoms with van der Waals surface area (Å²) in [5.74, 6) is 2.17. The van der Waals surface area contributed by atoms with Gasteiger partial charge >= 0.3 is 5.69 Å². The van der Waals surface area contributed by atoms with Crippen LogP contribution in [0.5, 0.6) is 0 Å². The Morgan fingerprint density at radius 3 is 2.80 bits per heavy atom. The van der Waals surface area contributed by atoms with E-state index in [-0.39, 0.29) is 17.2 Å². The first-order valence-electron chi connectivity index (χ1n) is 10.9. The average molecular weight is 533 g/mol. The van der Waals surface area contributed by atoms with Gasteiger partial charge in [0.15, 0.2) is 23.6 Å². The first-order valence-corrected chi connectivity index (χ1v) is 14.3. The highest BCUT2D eigenvalue weighted by atomic mass is 33.1. The van der Waals surface area contributed by atoms with Crippen LogP contribution in [0.15, 0.2) is 22.8 Å². The Balaban J connectivity index is 1.18. The summed E-state index contributed by atoms with van der Waals surface area (Å²) in [7, 11) is 4.99. The fraction of sp³-hybridized carbons (Fsp3) is 0.429. The van der Waals surface area contributed by atoms with Crippen molar-refractivity contribution < 1.29 is 9.36 Å². The Morgan fingerprint density at radius 1 is 1.20 bits per heavy atom. The van der Waals surface area contributed by atoms with Gasteiger partial charge in [0, 0.05) is 38.2 Å². The molecule has 0 atom stereocenters. The van der Waals surface area contributed by atoms with E-state index < -0.39 is 5.69 Å². The quantitative estimate of drug-likeness (QED) is 0.183. The van der Waals surface area contributed by atoms with E-state index in [4.69, 9.17) is 0 Å². The number of carbonyl (C=O) groups excluding carboxylic acids is 1. The molecule has 14 heteroatoms. The molecule has 4 aromatic rings. The predicted octanol–water partition coefficient (Wildman–Crippen LogP) is 1.29. The van der Waals surface area contributed by atoms with E-state index in [0.717, 1.165) is 46.2 Å². The van der Waals surface area contributed by atoms with E-state index in [2.05, 4.69) is 47.6 Å². The molecule has 4 rings (SSSR count). The summed E-state index contributed by atoms with van der Waals surface area (Å²) in [6.07, 6.45) is 4.19. The highest BCUT2D eigenvalue weighted by molar-refractivity contribution is 8.76. The predicted molar refractivity (Wildman–Crippen MR) is 137 cm³/mol. The fourth-order valence-electron chi connectivity index (χ4n) is 3.38. The molecule has 0 saturated heterocycles. The molecule has 0 aliphatic rings. The summed E-state index contributed by atoms with van der Waals surface area (Å²) in [5, 5.41) is 10.4. The van der Waals surface area contributed by atoms with Crippen molar-refractivity contribution in [2.24, 2.45) is 7.05 Å². The normalized spacial score (nSPS) is 11.3. The number of imidazole rings is 1. The van der Waals surface area contributed by atoms with Gasteiger partial charge in [-0.25, -0.2) is 24.1 Å². The molecule has 4 aromatic heterocycles. The third kappa shape index (κ3) is 5.87. The van der Waals surface area contributed by atoms with Gasteiger partial charge in [-0.3, -0.25) is 4.79 Å². The smallest absolute Gasteiger partial charge is 0.350 e. The van der Waals surface area contributed by atoms with Crippen LogP contribution < -0.4 is 15.6 Å². The number of nitrogens with zero attached hydrogens (tertiary/aromatic N) is 8. The van der Waals surface area contributed by atoms with E-state index >= 15 is 0 Å².